The minimum Gasteiger partial charge on any atom is -0.342 e. The van der Waals surface area contributed by atoms with E-state index < -0.39 is 42.3 Å². The fourth-order valence-electron chi connectivity index (χ4n) is 3.57. The van der Waals surface area contributed by atoms with Crippen molar-refractivity contribution in [1.29, 1.82) is 0 Å². The molecule has 0 unspecified atom stereocenters. The van der Waals surface area contributed by atoms with Gasteiger partial charge in [0.25, 0.3) is 5.91 Å². The van der Waals surface area contributed by atoms with Gasteiger partial charge in [-0.15, -0.1) is 0 Å². The van der Waals surface area contributed by atoms with E-state index in [2.05, 4.69) is 5.32 Å². The molecule has 3 aliphatic heterocycles. The Bertz CT molecular complexity index is 706. The molecule has 3 saturated heterocycles. The molecule has 0 bridgehead atoms. The van der Waals surface area contributed by atoms with E-state index in [4.69, 9.17) is 35.3 Å². The molecule has 5 atom stereocenters. The number of hydrogen-bond donors (Lipinski definition) is 1. The Hall–Kier alpha value is -1.22. The second-order valence-electron chi connectivity index (χ2n) is 7.59. The molecule has 8 heteroatoms. The highest BCUT2D eigenvalue weighted by molar-refractivity contribution is 6.30. The van der Waals surface area contributed by atoms with Crippen molar-refractivity contribution >= 4 is 23.2 Å². The first kappa shape index (κ1) is 18.2. The number of carbonyl (C=O) groups excluding carboxylic acids is 1. The lowest BCUT2D eigenvalue weighted by Crippen LogP contribution is -2.58. The van der Waals surface area contributed by atoms with Gasteiger partial charge in [-0.1, -0.05) is 11.6 Å². The molecule has 0 spiro atoms. The molecule has 1 N–H and O–H groups in total. The largest absolute Gasteiger partial charge is 0.342 e. The van der Waals surface area contributed by atoms with E-state index in [1.54, 1.807) is 52.0 Å². The molecule has 7 nitrogen and oxygen atoms in total. The van der Waals surface area contributed by atoms with Crippen molar-refractivity contribution in [2.45, 2.75) is 70.0 Å². The maximum absolute atomic E-state index is 12.9. The minimum atomic E-state index is -0.892. The fourth-order valence-corrected chi connectivity index (χ4v) is 3.70. The predicted molar refractivity (Wildman–Crippen MR) is 92.6 cm³/mol. The van der Waals surface area contributed by atoms with Gasteiger partial charge >= 0.3 is 0 Å². The summed E-state index contributed by atoms with van der Waals surface area (Å²) >= 11 is 5.88. The third-order valence-electron chi connectivity index (χ3n) is 4.52. The smallest absolute Gasteiger partial charge is 0.256 e. The number of anilines is 1. The number of carbonyl (C=O) groups is 1. The average Bonchev–Trinajstić information content (AvgIpc) is 3.02. The molecule has 3 fully saturated rings. The first-order valence-corrected chi connectivity index (χ1v) is 8.95. The van der Waals surface area contributed by atoms with Gasteiger partial charge in [0.2, 0.25) is 0 Å². The molecule has 1 aromatic carbocycles. The molecule has 0 aliphatic carbocycles. The Balaban J connectivity index is 1.57. The summed E-state index contributed by atoms with van der Waals surface area (Å²) in [5, 5.41) is 3.42. The zero-order valence-corrected chi connectivity index (χ0v) is 15.8. The van der Waals surface area contributed by atoms with Crippen LogP contribution in [0.15, 0.2) is 24.3 Å². The van der Waals surface area contributed by atoms with Crippen LogP contribution in [0.25, 0.3) is 0 Å². The molecule has 3 heterocycles. The number of fused-ring (bicyclic) bond motifs is 3. The molecule has 1 amide bonds. The van der Waals surface area contributed by atoms with Crippen LogP contribution >= 0.6 is 11.6 Å². The van der Waals surface area contributed by atoms with E-state index in [1.165, 1.54) is 0 Å². The maximum atomic E-state index is 12.9. The highest BCUT2D eigenvalue weighted by Crippen LogP contribution is 2.44. The molecular formula is C18H22ClNO6. The second-order valence-corrected chi connectivity index (χ2v) is 8.02. The number of benzene rings is 1. The lowest BCUT2D eigenvalue weighted by Gasteiger charge is -2.36. The second kappa shape index (κ2) is 6.15. The summed E-state index contributed by atoms with van der Waals surface area (Å²) in [4.78, 5) is 12.9. The number of nitrogens with one attached hydrogen (secondary N) is 1. The zero-order valence-electron chi connectivity index (χ0n) is 15.0. The van der Waals surface area contributed by atoms with Crippen molar-refractivity contribution in [3.05, 3.63) is 29.3 Å². The quantitative estimate of drug-likeness (QED) is 0.846. The third-order valence-corrected chi connectivity index (χ3v) is 4.78. The Morgan fingerprint density at radius 1 is 0.923 bits per heavy atom. The summed E-state index contributed by atoms with van der Waals surface area (Å²) in [6.45, 7) is 7.20. The van der Waals surface area contributed by atoms with Gasteiger partial charge in [0.1, 0.15) is 18.3 Å². The van der Waals surface area contributed by atoms with E-state index in [9.17, 15) is 4.79 Å². The summed E-state index contributed by atoms with van der Waals surface area (Å²) in [6, 6.07) is 6.84. The Morgan fingerprint density at radius 2 is 1.50 bits per heavy atom. The maximum Gasteiger partial charge on any atom is 0.256 e. The monoisotopic (exact) mass is 383 g/mol. The lowest BCUT2D eigenvalue weighted by atomic mass is 9.98. The molecule has 0 saturated carbocycles. The highest BCUT2D eigenvalue weighted by Gasteiger charge is 2.62. The summed E-state index contributed by atoms with van der Waals surface area (Å²) in [6.07, 6.45) is -3.13. The molecule has 3 aliphatic rings. The number of hydrogen-bond acceptors (Lipinski definition) is 6. The van der Waals surface area contributed by atoms with Crippen molar-refractivity contribution in [3.63, 3.8) is 0 Å². The van der Waals surface area contributed by atoms with Crippen LogP contribution in [0.1, 0.15) is 27.7 Å². The number of ether oxygens (including phenoxy) is 5. The van der Waals surface area contributed by atoms with Crippen LogP contribution in [-0.2, 0) is 28.5 Å². The van der Waals surface area contributed by atoms with Crippen LogP contribution in [0, 0.1) is 0 Å². The standard InChI is InChI=1S/C18H22ClNO6/c1-17(2)23-11-12(24-17)14-16(26-18(3,4)25-14)22-13(11)15(21)20-10-7-5-9(19)6-8-10/h5-8,11-14,16H,1-4H3,(H,20,21)/t11-,12+,13+,14+,16-/m0/s1. The van der Waals surface area contributed by atoms with Crippen LogP contribution in [-0.4, -0.2) is 48.2 Å². The molecular weight excluding hydrogens is 362 g/mol. The van der Waals surface area contributed by atoms with Gasteiger partial charge in [-0.3, -0.25) is 4.79 Å². The van der Waals surface area contributed by atoms with Crippen molar-refractivity contribution in [3.8, 4) is 0 Å². The van der Waals surface area contributed by atoms with Crippen LogP contribution in [0.3, 0.4) is 0 Å². The molecule has 0 radical (unpaired) electrons. The van der Waals surface area contributed by atoms with Gasteiger partial charge in [-0.2, -0.15) is 0 Å². The molecule has 26 heavy (non-hydrogen) atoms. The van der Waals surface area contributed by atoms with Gasteiger partial charge in [0, 0.05) is 10.7 Å². The topological polar surface area (TPSA) is 75.3 Å². The zero-order chi connectivity index (χ0) is 18.7. The van der Waals surface area contributed by atoms with Gasteiger partial charge in [-0.05, 0) is 52.0 Å². The lowest BCUT2D eigenvalue weighted by molar-refractivity contribution is -0.229. The average molecular weight is 384 g/mol. The number of amides is 1. The molecule has 142 valence electrons. The van der Waals surface area contributed by atoms with Gasteiger partial charge in [-0.25, -0.2) is 0 Å². The van der Waals surface area contributed by atoms with Gasteiger partial charge in [0.05, 0.1) is 0 Å². The summed E-state index contributed by atoms with van der Waals surface area (Å²) < 4.78 is 29.6. The van der Waals surface area contributed by atoms with E-state index >= 15 is 0 Å². The number of halogens is 1. The van der Waals surface area contributed by atoms with E-state index in [1.807, 2.05) is 0 Å². The first-order chi connectivity index (χ1) is 12.1. The Morgan fingerprint density at radius 3 is 2.19 bits per heavy atom. The third kappa shape index (κ3) is 3.35. The van der Waals surface area contributed by atoms with Crippen LogP contribution < -0.4 is 5.32 Å². The fraction of sp³-hybridized carbons (Fsp3) is 0.611. The van der Waals surface area contributed by atoms with Crippen molar-refractivity contribution in [1.82, 2.24) is 0 Å². The molecule has 0 aromatic heterocycles. The normalized spacial score (nSPS) is 37.0. The Kier molecular flexibility index (Phi) is 4.30. The van der Waals surface area contributed by atoms with Crippen LogP contribution in [0.5, 0.6) is 0 Å². The van der Waals surface area contributed by atoms with Crippen LogP contribution in [0.4, 0.5) is 5.69 Å². The summed E-state index contributed by atoms with van der Waals surface area (Å²) in [7, 11) is 0. The van der Waals surface area contributed by atoms with Crippen molar-refractivity contribution in [2.24, 2.45) is 0 Å². The Labute approximate surface area is 156 Å². The number of rotatable bonds is 2. The molecule has 4 rings (SSSR count). The van der Waals surface area contributed by atoms with E-state index in [-0.39, 0.29) is 5.91 Å². The van der Waals surface area contributed by atoms with Gasteiger partial charge in [0.15, 0.2) is 24.0 Å². The first-order valence-electron chi connectivity index (χ1n) is 8.57. The van der Waals surface area contributed by atoms with Crippen LogP contribution in [0.2, 0.25) is 5.02 Å². The highest BCUT2D eigenvalue weighted by atomic mass is 35.5. The van der Waals surface area contributed by atoms with E-state index in [0.717, 1.165) is 0 Å². The van der Waals surface area contributed by atoms with E-state index in [0.29, 0.717) is 10.7 Å². The summed E-state index contributed by atoms with van der Waals surface area (Å²) in [5.74, 6) is -2.00. The molecule has 1 aromatic rings. The van der Waals surface area contributed by atoms with Crippen molar-refractivity contribution in [2.75, 3.05) is 5.32 Å². The minimum absolute atomic E-state index is 0.338. The van der Waals surface area contributed by atoms with Gasteiger partial charge < -0.3 is 29.0 Å². The van der Waals surface area contributed by atoms with Crippen molar-refractivity contribution < 1.29 is 28.5 Å². The summed E-state index contributed by atoms with van der Waals surface area (Å²) in [5.41, 5.74) is 0.615. The predicted octanol–water partition coefficient (Wildman–Crippen LogP) is 2.68. The SMILES string of the molecule is CC1(C)O[C@@H]2O[C@@H](C(=O)Nc3ccc(Cl)cc3)[C@H]3OC(C)(C)O[C@H]3[C@H]2O1.